The first-order valence-corrected chi connectivity index (χ1v) is 15.2. The second kappa shape index (κ2) is 12.5. The lowest BCUT2D eigenvalue weighted by atomic mass is 10.2. The zero-order valence-corrected chi connectivity index (χ0v) is 24.4. The predicted molar refractivity (Wildman–Crippen MR) is 153 cm³/mol. The van der Waals surface area contributed by atoms with Gasteiger partial charge in [-0.05, 0) is 61.7 Å². The molecule has 2 saturated heterocycles. The molecule has 0 bridgehead atoms. The van der Waals surface area contributed by atoms with Crippen LogP contribution in [0.1, 0.15) is 29.6 Å². The lowest BCUT2D eigenvalue weighted by molar-refractivity contribution is 0.0376. The molecule has 0 radical (unpaired) electrons. The smallest absolute Gasteiger partial charge is 0.260 e. The Balaban J connectivity index is 0.00000320. The molecule has 0 N–H and O–H groups in total. The summed E-state index contributed by atoms with van der Waals surface area (Å²) in [7, 11) is -3.52. The van der Waals surface area contributed by atoms with Crippen LogP contribution in [0.3, 0.4) is 0 Å². The van der Waals surface area contributed by atoms with Gasteiger partial charge in [-0.15, -0.1) is 12.4 Å². The van der Waals surface area contributed by atoms with Crippen LogP contribution in [-0.4, -0.2) is 81.0 Å². The molecule has 0 saturated carbocycles. The summed E-state index contributed by atoms with van der Waals surface area (Å²) in [6, 6.07) is 12.2. The Morgan fingerprint density at radius 3 is 2.46 bits per heavy atom. The second-order valence-corrected chi connectivity index (χ2v) is 12.9. The fourth-order valence-electron chi connectivity index (χ4n) is 4.57. The minimum atomic E-state index is -3.52. The summed E-state index contributed by atoms with van der Waals surface area (Å²) < 4.78 is 34.7. The molecule has 0 unspecified atom stereocenters. The van der Waals surface area contributed by atoms with E-state index in [-0.39, 0.29) is 23.2 Å². The third kappa shape index (κ3) is 6.52. The summed E-state index contributed by atoms with van der Waals surface area (Å²) in [4.78, 5) is 22.7. The van der Waals surface area contributed by atoms with Crippen LogP contribution in [0.25, 0.3) is 10.2 Å². The molecule has 3 heterocycles. The van der Waals surface area contributed by atoms with Crippen LogP contribution < -0.4 is 4.90 Å². The number of ether oxygens (including phenoxy) is 1. The number of carbonyl (C=O) groups is 1. The minimum absolute atomic E-state index is 0. The molecule has 0 spiro atoms. The van der Waals surface area contributed by atoms with Gasteiger partial charge in [0.15, 0.2) is 5.13 Å². The Morgan fingerprint density at radius 1 is 1.05 bits per heavy atom. The van der Waals surface area contributed by atoms with Gasteiger partial charge >= 0.3 is 0 Å². The number of hydrogen-bond donors (Lipinski definition) is 0. The number of halogens is 2. The van der Waals surface area contributed by atoms with Crippen molar-refractivity contribution in [1.29, 1.82) is 0 Å². The number of rotatable bonds is 8. The zero-order chi connectivity index (χ0) is 25.1. The molecule has 2 aromatic carbocycles. The van der Waals surface area contributed by atoms with Crippen LogP contribution >= 0.6 is 39.7 Å². The number of sulfonamides is 1. The van der Waals surface area contributed by atoms with Gasteiger partial charge < -0.3 is 4.74 Å². The molecule has 2 aliphatic heterocycles. The van der Waals surface area contributed by atoms with Crippen LogP contribution in [-0.2, 0) is 14.8 Å². The van der Waals surface area contributed by atoms with Crippen molar-refractivity contribution < 1.29 is 17.9 Å². The first kappa shape index (κ1) is 28.4. The third-order valence-electron chi connectivity index (χ3n) is 6.58. The van der Waals surface area contributed by atoms with Gasteiger partial charge in [-0.25, -0.2) is 13.4 Å². The maximum Gasteiger partial charge on any atom is 0.260 e. The number of thiazole rings is 1. The second-order valence-electron chi connectivity index (χ2n) is 9.01. The standard InChI is InChI=1S/C25H29BrN4O4S2.ClH/c26-20-6-9-22-23(18-20)35-25(27-22)30(13-3-10-28-14-16-34-17-15-28)24(31)19-4-7-21(8-5-19)36(32,33)29-11-1-2-12-29;/h4-9,18H,1-3,10-17H2;1H. The van der Waals surface area contributed by atoms with Crippen molar-refractivity contribution in [3.05, 3.63) is 52.5 Å². The average Bonchev–Trinajstić information content (AvgIpc) is 3.58. The average molecular weight is 630 g/mol. The summed E-state index contributed by atoms with van der Waals surface area (Å²) in [5.74, 6) is -0.180. The molecule has 0 atom stereocenters. The highest BCUT2D eigenvalue weighted by Crippen LogP contribution is 2.32. The van der Waals surface area contributed by atoms with Gasteiger partial charge in [-0.3, -0.25) is 14.6 Å². The van der Waals surface area contributed by atoms with Crippen molar-refractivity contribution in [1.82, 2.24) is 14.2 Å². The van der Waals surface area contributed by atoms with Gasteiger partial charge in [0.05, 0.1) is 28.3 Å². The molecule has 12 heteroatoms. The Morgan fingerprint density at radius 2 is 1.76 bits per heavy atom. The van der Waals surface area contributed by atoms with E-state index in [9.17, 15) is 13.2 Å². The van der Waals surface area contributed by atoms with Crippen molar-refractivity contribution in [3.63, 3.8) is 0 Å². The molecular weight excluding hydrogens is 600 g/mol. The maximum absolute atomic E-state index is 13.7. The number of fused-ring (bicyclic) bond motifs is 1. The lowest BCUT2D eigenvalue weighted by Crippen LogP contribution is -2.39. The summed E-state index contributed by atoms with van der Waals surface area (Å²) in [6.45, 7) is 5.76. The molecule has 1 aromatic heterocycles. The van der Waals surface area contributed by atoms with Crippen LogP contribution in [0.5, 0.6) is 0 Å². The van der Waals surface area contributed by atoms with Crippen LogP contribution in [0.2, 0.25) is 0 Å². The number of nitrogens with zero attached hydrogens (tertiary/aromatic N) is 4. The van der Waals surface area contributed by atoms with Crippen molar-refractivity contribution >= 4 is 71.0 Å². The quantitative estimate of drug-likeness (QED) is 0.361. The third-order valence-corrected chi connectivity index (χ3v) is 10.0. The van der Waals surface area contributed by atoms with Crippen molar-refractivity contribution in [2.75, 3.05) is 57.4 Å². The summed E-state index contributed by atoms with van der Waals surface area (Å²) in [5.41, 5.74) is 1.29. The van der Waals surface area contributed by atoms with Gasteiger partial charge in [0.1, 0.15) is 0 Å². The molecule has 5 rings (SSSR count). The number of aromatic nitrogens is 1. The number of hydrogen-bond acceptors (Lipinski definition) is 7. The molecule has 2 fully saturated rings. The predicted octanol–water partition coefficient (Wildman–Crippen LogP) is 4.63. The van der Waals surface area contributed by atoms with Gasteiger partial charge in [0.25, 0.3) is 5.91 Å². The summed E-state index contributed by atoms with van der Waals surface area (Å²) in [6.07, 6.45) is 2.56. The Bertz CT molecular complexity index is 1320. The largest absolute Gasteiger partial charge is 0.379 e. The van der Waals surface area contributed by atoms with E-state index >= 15 is 0 Å². The highest BCUT2D eigenvalue weighted by Gasteiger charge is 2.28. The molecule has 37 heavy (non-hydrogen) atoms. The van der Waals surface area contributed by atoms with E-state index in [1.165, 1.54) is 15.6 Å². The first-order valence-electron chi connectivity index (χ1n) is 12.2. The van der Waals surface area contributed by atoms with E-state index in [0.717, 1.165) is 66.8 Å². The Labute approximate surface area is 236 Å². The molecular formula is C25H30BrClN4O4S2. The summed E-state index contributed by atoms with van der Waals surface area (Å²) in [5, 5.41) is 0.642. The minimum Gasteiger partial charge on any atom is -0.379 e. The Kier molecular flexibility index (Phi) is 9.60. The van der Waals surface area contributed by atoms with Gasteiger partial charge in [-0.2, -0.15) is 4.31 Å². The number of morpholine rings is 1. The summed E-state index contributed by atoms with van der Waals surface area (Å²) >= 11 is 4.99. The van der Waals surface area contributed by atoms with Crippen molar-refractivity contribution in [3.8, 4) is 0 Å². The molecule has 8 nitrogen and oxygen atoms in total. The van der Waals surface area contributed by atoms with Crippen molar-refractivity contribution in [2.24, 2.45) is 0 Å². The first-order chi connectivity index (χ1) is 17.4. The van der Waals surface area contributed by atoms with Gasteiger partial charge in [-0.1, -0.05) is 27.3 Å². The number of anilines is 1. The highest BCUT2D eigenvalue weighted by molar-refractivity contribution is 9.10. The fourth-order valence-corrected chi connectivity index (χ4v) is 7.62. The van der Waals surface area contributed by atoms with E-state index in [2.05, 4.69) is 20.8 Å². The Hall–Kier alpha value is -1.60. The van der Waals surface area contributed by atoms with Crippen molar-refractivity contribution in [2.45, 2.75) is 24.2 Å². The topological polar surface area (TPSA) is 83.1 Å². The molecule has 1 amide bonds. The van der Waals surface area contributed by atoms with Crippen LogP contribution in [0, 0.1) is 0 Å². The molecule has 0 aliphatic carbocycles. The monoisotopic (exact) mass is 628 g/mol. The molecule has 3 aromatic rings. The van der Waals surface area contributed by atoms with Crippen LogP contribution in [0.15, 0.2) is 51.8 Å². The SMILES string of the molecule is Cl.O=C(c1ccc(S(=O)(=O)N2CCCC2)cc1)N(CCCN1CCOCC1)c1nc2ccc(Br)cc2s1. The van der Waals surface area contributed by atoms with Gasteiger partial charge in [0, 0.05) is 49.3 Å². The number of carbonyl (C=O) groups excluding carboxylic acids is 1. The fraction of sp³-hybridized carbons (Fsp3) is 0.440. The number of benzene rings is 2. The van der Waals surface area contributed by atoms with Gasteiger partial charge in [0.2, 0.25) is 10.0 Å². The molecule has 2 aliphatic rings. The molecule has 200 valence electrons. The number of amides is 1. The lowest BCUT2D eigenvalue weighted by Gasteiger charge is -2.27. The normalized spacial score (nSPS) is 17.1. The van der Waals surface area contributed by atoms with E-state index in [4.69, 9.17) is 9.72 Å². The van der Waals surface area contributed by atoms with Crippen LogP contribution in [0.4, 0.5) is 5.13 Å². The highest BCUT2D eigenvalue weighted by atomic mass is 79.9. The zero-order valence-electron chi connectivity index (χ0n) is 20.3. The van der Waals surface area contributed by atoms with E-state index in [1.54, 1.807) is 29.2 Å². The van der Waals surface area contributed by atoms with E-state index in [1.807, 2.05) is 18.2 Å². The van der Waals surface area contributed by atoms with E-state index < -0.39 is 10.0 Å². The maximum atomic E-state index is 13.7. The van der Waals surface area contributed by atoms with E-state index in [0.29, 0.717) is 30.3 Å².